The molecular formula is C15H15N5O2S2. The van der Waals surface area contributed by atoms with Gasteiger partial charge < -0.3 is 5.32 Å². The first-order valence-electron chi connectivity index (χ1n) is 7.25. The highest BCUT2D eigenvalue weighted by molar-refractivity contribution is 8.24. The first-order chi connectivity index (χ1) is 11.5. The second kappa shape index (κ2) is 6.70. The normalized spacial score (nSPS) is 17.4. The Kier molecular flexibility index (Phi) is 4.63. The largest absolute Gasteiger partial charge is 0.325 e. The van der Waals surface area contributed by atoms with E-state index in [0.29, 0.717) is 10.0 Å². The molecule has 1 atom stereocenters. The van der Waals surface area contributed by atoms with E-state index in [1.54, 1.807) is 29.9 Å². The van der Waals surface area contributed by atoms with Crippen molar-refractivity contribution in [3.8, 4) is 5.69 Å². The Balaban J connectivity index is 1.64. The number of amides is 2. The van der Waals surface area contributed by atoms with Crippen molar-refractivity contribution >= 4 is 45.8 Å². The smallest absolute Gasteiger partial charge is 0.244 e. The van der Waals surface area contributed by atoms with E-state index in [1.807, 2.05) is 19.1 Å². The van der Waals surface area contributed by atoms with Crippen molar-refractivity contribution in [2.24, 2.45) is 0 Å². The Morgan fingerprint density at radius 1 is 1.38 bits per heavy atom. The standard InChI is InChI=1S/C15H15N5O2S2/c1-9-7-16-18-20(9)12-5-3-11(4-6-12)17-13(21)8-19-14(22)10(2)24-15(19)23/h3-7,10H,8H2,1-2H3,(H,17,21). The maximum absolute atomic E-state index is 12.1. The molecule has 1 aliphatic heterocycles. The monoisotopic (exact) mass is 361 g/mol. The van der Waals surface area contributed by atoms with Crippen LogP contribution in [0.4, 0.5) is 5.69 Å². The zero-order valence-electron chi connectivity index (χ0n) is 13.1. The van der Waals surface area contributed by atoms with Crippen molar-refractivity contribution in [3.63, 3.8) is 0 Å². The number of rotatable bonds is 4. The summed E-state index contributed by atoms with van der Waals surface area (Å²) >= 11 is 6.42. The van der Waals surface area contributed by atoms with Crippen LogP contribution in [-0.4, -0.2) is 47.8 Å². The number of nitrogens with zero attached hydrogens (tertiary/aromatic N) is 4. The van der Waals surface area contributed by atoms with Gasteiger partial charge in [0, 0.05) is 5.69 Å². The van der Waals surface area contributed by atoms with E-state index in [4.69, 9.17) is 12.2 Å². The number of hydrogen-bond donors (Lipinski definition) is 1. The summed E-state index contributed by atoms with van der Waals surface area (Å²) < 4.78 is 2.14. The van der Waals surface area contributed by atoms with Crippen molar-refractivity contribution in [1.82, 2.24) is 19.9 Å². The molecule has 1 aromatic heterocycles. The van der Waals surface area contributed by atoms with E-state index >= 15 is 0 Å². The van der Waals surface area contributed by atoms with Gasteiger partial charge in [0.05, 0.1) is 22.8 Å². The quantitative estimate of drug-likeness (QED) is 0.836. The molecular weight excluding hydrogens is 346 g/mol. The van der Waals surface area contributed by atoms with Gasteiger partial charge in [-0.3, -0.25) is 14.5 Å². The highest BCUT2D eigenvalue weighted by Gasteiger charge is 2.34. The van der Waals surface area contributed by atoms with Crippen LogP contribution in [0.1, 0.15) is 12.6 Å². The van der Waals surface area contributed by atoms with Gasteiger partial charge in [0.25, 0.3) is 0 Å². The lowest BCUT2D eigenvalue weighted by molar-refractivity contribution is -0.129. The second-order valence-corrected chi connectivity index (χ2v) is 7.31. The molecule has 1 N–H and O–H groups in total. The van der Waals surface area contributed by atoms with Gasteiger partial charge in [-0.1, -0.05) is 29.2 Å². The Bertz CT molecular complexity index is 802. The van der Waals surface area contributed by atoms with Crippen LogP contribution in [0.15, 0.2) is 30.5 Å². The molecule has 0 aliphatic carbocycles. The van der Waals surface area contributed by atoms with Gasteiger partial charge in [-0.15, -0.1) is 5.10 Å². The predicted molar refractivity (Wildman–Crippen MR) is 96.1 cm³/mol. The zero-order chi connectivity index (χ0) is 17.3. The third-order valence-corrected chi connectivity index (χ3v) is 5.02. The van der Waals surface area contributed by atoms with E-state index in [2.05, 4.69) is 15.6 Å². The highest BCUT2D eigenvalue weighted by Crippen LogP contribution is 2.26. The van der Waals surface area contributed by atoms with E-state index in [9.17, 15) is 9.59 Å². The topological polar surface area (TPSA) is 80.1 Å². The van der Waals surface area contributed by atoms with Gasteiger partial charge in [-0.05, 0) is 38.1 Å². The van der Waals surface area contributed by atoms with Gasteiger partial charge in [0.2, 0.25) is 11.8 Å². The molecule has 1 aromatic carbocycles. The second-order valence-electron chi connectivity index (χ2n) is 5.33. The summed E-state index contributed by atoms with van der Waals surface area (Å²) in [6, 6.07) is 7.22. The van der Waals surface area contributed by atoms with Gasteiger partial charge in [-0.2, -0.15) is 0 Å². The molecule has 0 bridgehead atoms. The van der Waals surface area contributed by atoms with Crippen molar-refractivity contribution < 1.29 is 9.59 Å². The van der Waals surface area contributed by atoms with Gasteiger partial charge >= 0.3 is 0 Å². The van der Waals surface area contributed by atoms with Crippen LogP contribution in [0.25, 0.3) is 5.69 Å². The average molecular weight is 361 g/mol. The van der Waals surface area contributed by atoms with E-state index in [1.165, 1.54) is 16.7 Å². The first-order valence-corrected chi connectivity index (χ1v) is 8.54. The van der Waals surface area contributed by atoms with E-state index in [0.717, 1.165) is 11.4 Å². The lowest BCUT2D eigenvalue weighted by Crippen LogP contribution is -2.37. The summed E-state index contributed by atoms with van der Waals surface area (Å²) in [4.78, 5) is 25.4. The number of carbonyl (C=O) groups is 2. The molecule has 3 rings (SSSR count). The number of thiocarbonyl (C=S) groups is 1. The molecule has 0 saturated carbocycles. The zero-order valence-corrected chi connectivity index (χ0v) is 14.7. The van der Waals surface area contributed by atoms with Crippen molar-refractivity contribution in [2.75, 3.05) is 11.9 Å². The Morgan fingerprint density at radius 3 is 2.62 bits per heavy atom. The number of benzene rings is 1. The molecule has 0 spiro atoms. The maximum atomic E-state index is 12.1. The van der Waals surface area contributed by atoms with Crippen molar-refractivity contribution in [3.05, 3.63) is 36.2 Å². The Morgan fingerprint density at radius 2 is 2.08 bits per heavy atom. The predicted octanol–water partition coefficient (Wildman–Crippen LogP) is 1.76. The molecule has 9 heteroatoms. The number of hydrogen-bond acceptors (Lipinski definition) is 6. The summed E-state index contributed by atoms with van der Waals surface area (Å²) in [5, 5.41) is 10.4. The van der Waals surface area contributed by atoms with Gasteiger partial charge in [0.1, 0.15) is 10.9 Å². The highest BCUT2D eigenvalue weighted by atomic mass is 32.2. The van der Waals surface area contributed by atoms with Crippen LogP contribution >= 0.6 is 24.0 Å². The van der Waals surface area contributed by atoms with Crippen molar-refractivity contribution in [2.45, 2.75) is 19.1 Å². The number of anilines is 1. The Labute approximate surface area is 148 Å². The molecule has 7 nitrogen and oxygen atoms in total. The fourth-order valence-corrected chi connectivity index (χ4v) is 3.69. The lowest BCUT2D eigenvalue weighted by atomic mass is 10.2. The number of aromatic nitrogens is 3. The number of aryl methyl sites for hydroxylation is 1. The lowest BCUT2D eigenvalue weighted by Gasteiger charge is -2.15. The van der Waals surface area contributed by atoms with Crippen LogP contribution in [0, 0.1) is 6.92 Å². The molecule has 24 heavy (non-hydrogen) atoms. The summed E-state index contributed by atoms with van der Waals surface area (Å²) in [5.41, 5.74) is 2.41. The molecule has 1 fully saturated rings. The fraction of sp³-hybridized carbons (Fsp3) is 0.267. The number of thioether (sulfide) groups is 1. The molecule has 1 unspecified atom stereocenters. The average Bonchev–Trinajstić information content (AvgIpc) is 3.07. The Hall–Kier alpha value is -2.26. The van der Waals surface area contributed by atoms with Crippen LogP contribution < -0.4 is 5.32 Å². The summed E-state index contributed by atoms with van der Waals surface area (Å²) in [5.74, 6) is -0.415. The van der Waals surface area contributed by atoms with Crippen LogP contribution in [0.3, 0.4) is 0 Å². The number of carbonyl (C=O) groups excluding carboxylic acids is 2. The first kappa shape index (κ1) is 16.6. The van der Waals surface area contributed by atoms with E-state index < -0.39 is 0 Å². The minimum atomic E-state index is -0.287. The third-order valence-electron chi connectivity index (χ3n) is 3.53. The molecule has 0 radical (unpaired) electrons. The van der Waals surface area contributed by atoms with Crippen LogP contribution in [0.5, 0.6) is 0 Å². The van der Waals surface area contributed by atoms with Crippen LogP contribution in [-0.2, 0) is 9.59 Å². The van der Waals surface area contributed by atoms with Gasteiger partial charge in [-0.25, -0.2) is 4.68 Å². The van der Waals surface area contributed by atoms with E-state index in [-0.39, 0.29) is 23.6 Å². The minimum Gasteiger partial charge on any atom is -0.325 e. The SMILES string of the molecule is Cc1cnnn1-c1ccc(NC(=O)CN2C(=O)C(C)SC2=S)cc1. The molecule has 2 amide bonds. The third kappa shape index (κ3) is 3.31. The number of nitrogens with one attached hydrogen (secondary N) is 1. The molecule has 124 valence electrons. The summed E-state index contributed by atoms with van der Waals surface area (Å²) in [7, 11) is 0. The van der Waals surface area contributed by atoms with Gasteiger partial charge in [0.15, 0.2) is 0 Å². The molecule has 2 aromatic rings. The molecule has 2 heterocycles. The maximum Gasteiger partial charge on any atom is 0.244 e. The minimum absolute atomic E-state index is 0.0705. The molecule has 1 saturated heterocycles. The van der Waals surface area contributed by atoms with Crippen molar-refractivity contribution in [1.29, 1.82) is 0 Å². The fourth-order valence-electron chi connectivity index (χ4n) is 2.29. The summed E-state index contributed by atoms with van der Waals surface area (Å²) in [6.07, 6.45) is 1.67. The molecule has 1 aliphatic rings. The summed E-state index contributed by atoms with van der Waals surface area (Å²) in [6.45, 7) is 3.62. The van der Waals surface area contributed by atoms with Crippen LogP contribution in [0.2, 0.25) is 0 Å².